The van der Waals surface area contributed by atoms with E-state index in [1.807, 2.05) is 18.2 Å². The van der Waals surface area contributed by atoms with Crippen molar-refractivity contribution in [3.8, 4) is 0 Å². The first-order valence-corrected chi connectivity index (χ1v) is 10.7. The van der Waals surface area contributed by atoms with Crippen LogP contribution in [-0.2, 0) is 22.7 Å². The summed E-state index contributed by atoms with van der Waals surface area (Å²) in [4.78, 5) is 38.4. The van der Waals surface area contributed by atoms with E-state index in [2.05, 4.69) is 10.6 Å². The van der Waals surface area contributed by atoms with Crippen LogP contribution in [-0.4, -0.2) is 40.7 Å². The number of rotatable bonds is 5. The van der Waals surface area contributed by atoms with E-state index in [9.17, 15) is 14.4 Å². The van der Waals surface area contributed by atoms with Gasteiger partial charge in [0.15, 0.2) is 0 Å². The van der Waals surface area contributed by atoms with Crippen molar-refractivity contribution in [2.24, 2.45) is 5.73 Å². The van der Waals surface area contributed by atoms with E-state index in [-0.39, 0.29) is 29.7 Å². The normalized spacial score (nSPS) is 24.2. The SMILES string of the molecule is NC1(CNCc2cccc3c2C(=O)N(C2CCC(=O)NC2=O)C3)CCCCCC1. The molecule has 3 aliphatic rings. The summed E-state index contributed by atoms with van der Waals surface area (Å²) in [6.45, 7) is 1.73. The Kier molecular flexibility index (Phi) is 5.69. The summed E-state index contributed by atoms with van der Waals surface area (Å²) in [6.07, 6.45) is 7.60. The van der Waals surface area contributed by atoms with Crippen LogP contribution in [0.15, 0.2) is 18.2 Å². The van der Waals surface area contributed by atoms with Gasteiger partial charge in [0.05, 0.1) is 0 Å². The summed E-state index contributed by atoms with van der Waals surface area (Å²) in [5.41, 5.74) is 9.01. The molecule has 1 saturated carbocycles. The Hall–Kier alpha value is -2.25. The van der Waals surface area contributed by atoms with Gasteiger partial charge in [-0.3, -0.25) is 19.7 Å². The van der Waals surface area contributed by atoms with Gasteiger partial charge in [0, 0.05) is 37.2 Å². The quantitative estimate of drug-likeness (QED) is 0.516. The molecular weight excluding hydrogens is 368 g/mol. The first-order valence-electron chi connectivity index (χ1n) is 10.7. The van der Waals surface area contributed by atoms with Gasteiger partial charge in [-0.25, -0.2) is 0 Å². The lowest BCUT2D eigenvalue weighted by Crippen LogP contribution is -2.52. The molecule has 0 aromatic heterocycles. The summed E-state index contributed by atoms with van der Waals surface area (Å²) in [5.74, 6) is -0.765. The van der Waals surface area contributed by atoms with E-state index in [1.165, 1.54) is 25.7 Å². The van der Waals surface area contributed by atoms with Crippen LogP contribution in [0.1, 0.15) is 72.9 Å². The number of amides is 3. The minimum Gasteiger partial charge on any atom is -0.324 e. The minimum atomic E-state index is -0.577. The Morgan fingerprint density at radius 1 is 1.14 bits per heavy atom. The third kappa shape index (κ3) is 4.21. The molecule has 1 unspecified atom stereocenters. The van der Waals surface area contributed by atoms with Crippen molar-refractivity contribution in [1.29, 1.82) is 0 Å². The van der Waals surface area contributed by atoms with Crippen molar-refractivity contribution in [2.45, 2.75) is 76.0 Å². The second kappa shape index (κ2) is 8.24. The van der Waals surface area contributed by atoms with Crippen LogP contribution in [0.3, 0.4) is 0 Å². The number of fused-ring (bicyclic) bond motifs is 1. The van der Waals surface area contributed by atoms with E-state index in [4.69, 9.17) is 5.73 Å². The molecule has 7 heteroatoms. The number of benzene rings is 1. The molecule has 1 aliphatic carbocycles. The Balaban J connectivity index is 1.43. The van der Waals surface area contributed by atoms with Gasteiger partial charge in [-0.15, -0.1) is 0 Å². The number of carbonyl (C=O) groups is 3. The third-order valence-electron chi connectivity index (χ3n) is 6.53. The fraction of sp³-hybridized carbons (Fsp3) is 0.591. The lowest BCUT2D eigenvalue weighted by Gasteiger charge is -2.29. The maximum Gasteiger partial charge on any atom is 0.255 e. The molecule has 7 nitrogen and oxygen atoms in total. The zero-order chi connectivity index (χ0) is 20.4. The summed E-state index contributed by atoms with van der Waals surface area (Å²) >= 11 is 0. The average molecular weight is 399 g/mol. The second-order valence-electron chi connectivity index (χ2n) is 8.73. The molecule has 4 rings (SSSR count). The van der Waals surface area contributed by atoms with Gasteiger partial charge in [0.1, 0.15) is 6.04 Å². The number of hydrogen-bond donors (Lipinski definition) is 3. The lowest BCUT2D eigenvalue weighted by molar-refractivity contribution is -0.136. The lowest BCUT2D eigenvalue weighted by atomic mass is 9.91. The van der Waals surface area contributed by atoms with Crippen molar-refractivity contribution >= 4 is 17.7 Å². The fourth-order valence-corrected chi connectivity index (χ4v) is 4.89. The van der Waals surface area contributed by atoms with Gasteiger partial charge in [-0.2, -0.15) is 0 Å². The smallest absolute Gasteiger partial charge is 0.255 e. The molecule has 0 radical (unpaired) electrons. The molecule has 2 fully saturated rings. The van der Waals surface area contributed by atoms with Crippen LogP contribution in [0.5, 0.6) is 0 Å². The van der Waals surface area contributed by atoms with E-state index in [0.717, 1.165) is 30.5 Å². The van der Waals surface area contributed by atoms with Crippen LogP contribution in [0.4, 0.5) is 0 Å². The zero-order valence-electron chi connectivity index (χ0n) is 16.8. The van der Waals surface area contributed by atoms with Crippen LogP contribution < -0.4 is 16.4 Å². The van der Waals surface area contributed by atoms with Crippen LogP contribution in [0.2, 0.25) is 0 Å². The van der Waals surface area contributed by atoms with Gasteiger partial charge >= 0.3 is 0 Å². The maximum absolute atomic E-state index is 13.1. The van der Waals surface area contributed by atoms with Crippen molar-refractivity contribution in [3.63, 3.8) is 0 Å². The Bertz CT molecular complexity index is 814. The van der Waals surface area contributed by atoms with Gasteiger partial charge < -0.3 is 16.0 Å². The predicted molar refractivity (Wildman–Crippen MR) is 109 cm³/mol. The third-order valence-corrected chi connectivity index (χ3v) is 6.53. The summed E-state index contributed by atoms with van der Waals surface area (Å²) < 4.78 is 0. The van der Waals surface area contributed by atoms with Crippen LogP contribution >= 0.6 is 0 Å². The van der Waals surface area contributed by atoms with E-state index in [0.29, 0.717) is 25.1 Å². The first-order chi connectivity index (χ1) is 14.0. The number of nitrogens with one attached hydrogen (secondary N) is 2. The maximum atomic E-state index is 13.1. The highest BCUT2D eigenvalue weighted by Crippen LogP contribution is 2.30. The molecule has 1 aromatic carbocycles. The number of imide groups is 1. The predicted octanol–water partition coefficient (Wildman–Crippen LogP) is 1.59. The molecule has 1 saturated heterocycles. The highest BCUT2D eigenvalue weighted by molar-refractivity contribution is 6.05. The highest BCUT2D eigenvalue weighted by atomic mass is 16.2. The van der Waals surface area contributed by atoms with Crippen molar-refractivity contribution < 1.29 is 14.4 Å². The van der Waals surface area contributed by atoms with Crippen molar-refractivity contribution in [1.82, 2.24) is 15.5 Å². The van der Waals surface area contributed by atoms with Gasteiger partial charge in [-0.1, -0.05) is 43.9 Å². The molecule has 29 heavy (non-hydrogen) atoms. The van der Waals surface area contributed by atoms with E-state index < -0.39 is 6.04 Å². The van der Waals surface area contributed by atoms with Gasteiger partial charge in [0.25, 0.3) is 5.91 Å². The molecule has 156 valence electrons. The molecule has 1 aromatic rings. The minimum absolute atomic E-state index is 0.121. The second-order valence-corrected chi connectivity index (χ2v) is 8.73. The van der Waals surface area contributed by atoms with Crippen molar-refractivity contribution in [2.75, 3.05) is 6.54 Å². The van der Waals surface area contributed by atoms with Gasteiger partial charge in [-0.05, 0) is 30.4 Å². The molecule has 3 amide bonds. The number of hydrogen-bond acceptors (Lipinski definition) is 5. The summed E-state index contributed by atoms with van der Waals surface area (Å²) in [7, 11) is 0. The molecule has 0 bridgehead atoms. The standard InChI is InChI=1S/C22H30N4O3/c23-22(10-3-1-2-4-11-22)14-24-12-15-6-5-7-16-13-26(21(29)19(15)16)17-8-9-18(27)25-20(17)28/h5-7,17,24H,1-4,8-14,23H2,(H,25,27,28). The number of carbonyl (C=O) groups excluding carboxylic acids is 3. The first kappa shape index (κ1) is 20.0. The topological polar surface area (TPSA) is 105 Å². The average Bonchev–Trinajstić information content (AvgIpc) is 2.87. The van der Waals surface area contributed by atoms with E-state index >= 15 is 0 Å². The number of nitrogens with zero attached hydrogens (tertiary/aromatic N) is 1. The molecule has 1 atom stereocenters. The Morgan fingerprint density at radius 2 is 1.90 bits per heavy atom. The zero-order valence-corrected chi connectivity index (χ0v) is 16.8. The monoisotopic (exact) mass is 398 g/mol. The summed E-state index contributed by atoms with van der Waals surface area (Å²) in [5, 5.41) is 5.83. The molecule has 4 N–H and O–H groups in total. The largest absolute Gasteiger partial charge is 0.324 e. The molecule has 2 heterocycles. The van der Waals surface area contributed by atoms with Crippen LogP contribution in [0, 0.1) is 0 Å². The van der Waals surface area contributed by atoms with Crippen molar-refractivity contribution in [3.05, 3.63) is 34.9 Å². The van der Waals surface area contributed by atoms with Gasteiger partial charge in [0.2, 0.25) is 11.8 Å². The molecule has 0 spiro atoms. The highest BCUT2D eigenvalue weighted by Gasteiger charge is 2.40. The Morgan fingerprint density at radius 3 is 2.62 bits per heavy atom. The van der Waals surface area contributed by atoms with Crippen LogP contribution in [0.25, 0.3) is 0 Å². The van der Waals surface area contributed by atoms with E-state index in [1.54, 1.807) is 4.90 Å². The Labute approximate surface area is 171 Å². The number of piperidine rings is 1. The molecule has 2 aliphatic heterocycles. The summed E-state index contributed by atoms with van der Waals surface area (Å²) in [6, 6.07) is 5.29. The number of nitrogens with two attached hydrogens (primary N) is 1. The molecular formula is C22H30N4O3. The fourth-order valence-electron chi connectivity index (χ4n) is 4.89.